The number of hydrogen-bond acceptors (Lipinski definition) is 6. The number of carbonyl (C=O) groups excluding carboxylic acids is 6. The maximum absolute atomic E-state index is 11.3. The van der Waals surface area contributed by atoms with Gasteiger partial charge in [-0.15, -0.1) is 0 Å². The number of nitrogens with zero attached hydrogens (tertiary/aromatic N) is 3. The van der Waals surface area contributed by atoms with Crippen LogP contribution in [-0.4, -0.2) is 69.8 Å². The molecule has 0 aliphatic rings. The van der Waals surface area contributed by atoms with Crippen molar-refractivity contribution in [3.05, 3.63) is 0 Å². The molecule has 0 aromatic heterocycles. The second-order valence-electron chi connectivity index (χ2n) is 10.8. The molecule has 0 aromatic carbocycles. The summed E-state index contributed by atoms with van der Waals surface area (Å²) in [4.78, 5) is 69.5. The Morgan fingerprint density at radius 1 is 0.471 bits per heavy atom. The topological polar surface area (TPSA) is 112 Å². The van der Waals surface area contributed by atoms with E-state index in [1.54, 1.807) is 41.5 Å². The molecular formula is C25H49N3O6. The first kappa shape index (κ1) is 38.7. The zero-order valence-corrected chi connectivity index (χ0v) is 23.3. The second kappa shape index (κ2) is 14.6. The minimum Gasteiger partial charge on any atom is -0.286 e. The van der Waals surface area contributed by atoms with Gasteiger partial charge in [-0.3, -0.25) is 43.5 Å². The van der Waals surface area contributed by atoms with Crippen LogP contribution >= 0.6 is 0 Å². The van der Waals surface area contributed by atoms with E-state index < -0.39 is 16.4 Å². The first-order valence-electron chi connectivity index (χ1n) is 10.7. The average Bonchev–Trinajstić information content (AvgIpc) is 2.56. The third-order valence-corrected chi connectivity index (χ3v) is 4.14. The molecule has 9 nitrogen and oxygen atoms in total. The maximum atomic E-state index is 11.3. The second-order valence-corrected chi connectivity index (χ2v) is 10.8. The molecule has 0 N–H and O–H groups in total. The van der Waals surface area contributed by atoms with Crippen molar-refractivity contribution in [2.45, 2.75) is 103 Å². The predicted octanol–water partition coefficient (Wildman–Crippen LogP) is 3.89. The number of rotatable bonds is 0. The number of carbonyl (C=O) groups is 6. The fourth-order valence-electron chi connectivity index (χ4n) is 2.46. The molecule has 6 amide bonds. The van der Waals surface area contributed by atoms with E-state index in [4.69, 9.17) is 0 Å². The summed E-state index contributed by atoms with van der Waals surface area (Å²) in [6.45, 7) is 21.8. The highest BCUT2D eigenvalue weighted by atomic mass is 16.2. The lowest BCUT2D eigenvalue weighted by Crippen LogP contribution is -2.47. The lowest BCUT2D eigenvalue weighted by atomic mass is 9.95. The minimum atomic E-state index is -0.472. The summed E-state index contributed by atoms with van der Waals surface area (Å²) in [6.07, 6.45) is 0. The molecular weight excluding hydrogens is 438 g/mol. The largest absolute Gasteiger partial charge is 0.286 e. The molecule has 0 spiro atoms. The maximum Gasteiger partial charge on any atom is 0.234 e. The number of imide groups is 3. The van der Waals surface area contributed by atoms with Crippen LogP contribution in [0.2, 0.25) is 0 Å². The lowest BCUT2D eigenvalue weighted by Gasteiger charge is -2.31. The van der Waals surface area contributed by atoms with Crippen LogP contribution in [0.3, 0.4) is 0 Å². The summed E-state index contributed by atoms with van der Waals surface area (Å²) in [6, 6.07) is 0. The van der Waals surface area contributed by atoms with Crippen LogP contribution in [0.1, 0.15) is 97.4 Å². The monoisotopic (exact) mass is 487 g/mol. The van der Waals surface area contributed by atoms with Gasteiger partial charge in [-0.25, -0.2) is 0 Å². The van der Waals surface area contributed by atoms with Crippen molar-refractivity contribution in [2.75, 3.05) is 14.1 Å². The molecule has 0 radical (unpaired) electrons. The van der Waals surface area contributed by atoms with Crippen LogP contribution in [0.5, 0.6) is 0 Å². The Hall–Kier alpha value is -2.58. The summed E-state index contributed by atoms with van der Waals surface area (Å²) in [5, 5.41) is 0. The van der Waals surface area contributed by atoms with E-state index in [-0.39, 0.29) is 42.9 Å². The summed E-state index contributed by atoms with van der Waals surface area (Å²) >= 11 is 0. The van der Waals surface area contributed by atoms with Crippen molar-refractivity contribution in [2.24, 2.45) is 10.8 Å². The molecule has 200 valence electrons. The van der Waals surface area contributed by atoms with Gasteiger partial charge >= 0.3 is 0 Å². The zero-order valence-electron chi connectivity index (χ0n) is 23.3. The fourth-order valence-corrected chi connectivity index (χ4v) is 2.46. The molecule has 0 saturated heterocycles. The van der Waals surface area contributed by atoms with Crippen molar-refractivity contribution < 1.29 is 28.8 Å². The van der Waals surface area contributed by atoms with Crippen molar-refractivity contribution in [1.29, 1.82) is 0 Å². The molecule has 0 fully saturated rings. The van der Waals surface area contributed by atoms with E-state index in [0.29, 0.717) is 0 Å². The Labute approximate surface area is 207 Å². The molecule has 0 rings (SSSR count). The van der Waals surface area contributed by atoms with Gasteiger partial charge in [0.25, 0.3) is 0 Å². The van der Waals surface area contributed by atoms with Gasteiger partial charge in [0.05, 0.1) is 0 Å². The summed E-state index contributed by atoms with van der Waals surface area (Å²) in [7, 11) is 2.99. The molecule has 0 heterocycles. The third-order valence-electron chi connectivity index (χ3n) is 4.14. The third kappa shape index (κ3) is 15.3. The van der Waals surface area contributed by atoms with Gasteiger partial charge in [0.15, 0.2) is 0 Å². The van der Waals surface area contributed by atoms with E-state index in [1.165, 1.54) is 46.7 Å². The first-order valence-corrected chi connectivity index (χ1v) is 10.7. The smallest absolute Gasteiger partial charge is 0.234 e. The van der Waals surface area contributed by atoms with Gasteiger partial charge in [0, 0.05) is 58.2 Å². The number of hydrogen-bond donors (Lipinski definition) is 0. The highest BCUT2D eigenvalue weighted by molar-refractivity contribution is 5.97. The van der Waals surface area contributed by atoms with E-state index in [1.807, 2.05) is 20.8 Å². The Balaban J connectivity index is -0.000000196. The van der Waals surface area contributed by atoms with Crippen LogP contribution in [-0.2, 0) is 28.8 Å². The Morgan fingerprint density at radius 3 is 0.706 bits per heavy atom. The van der Waals surface area contributed by atoms with E-state index in [0.717, 1.165) is 9.80 Å². The fraction of sp³-hybridized carbons (Fsp3) is 0.760. The van der Waals surface area contributed by atoms with Gasteiger partial charge < -0.3 is 0 Å². The predicted molar refractivity (Wildman–Crippen MR) is 135 cm³/mol. The highest BCUT2D eigenvalue weighted by Crippen LogP contribution is 2.17. The lowest BCUT2D eigenvalue weighted by molar-refractivity contribution is -0.149. The van der Waals surface area contributed by atoms with Gasteiger partial charge in [-0.2, -0.15) is 0 Å². The van der Waals surface area contributed by atoms with Gasteiger partial charge in [0.2, 0.25) is 35.4 Å². The quantitative estimate of drug-likeness (QED) is 0.512. The molecule has 0 aliphatic carbocycles. The van der Waals surface area contributed by atoms with Crippen molar-refractivity contribution in [3.8, 4) is 0 Å². The minimum absolute atomic E-state index is 0. The molecule has 0 atom stereocenters. The van der Waals surface area contributed by atoms with E-state index >= 15 is 0 Å². The molecule has 0 saturated carbocycles. The summed E-state index contributed by atoms with van der Waals surface area (Å²) in [5.41, 5.74) is -1.35. The van der Waals surface area contributed by atoms with Crippen LogP contribution in [0.25, 0.3) is 0 Å². The SMILES string of the molecule is C.CC(=O)N(C(C)=O)C(C)(C)C.CC(=O)N(C)C(=O)C(C)(C)C.CC(=O)N(C)C(=O)C(C)(C)C. The van der Waals surface area contributed by atoms with E-state index in [9.17, 15) is 28.8 Å². The van der Waals surface area contributed by atoms with Crippen LogP contribution in [0, 0.1) is 10.8 Å². The summed E-state index contributed by atoms with van der Waals surface area (Å²) in [5.74, 6) is -1.14. The van der Waals surface area contributed by atoms with Crippen molar-refractivity contribution in [1.82, 2.24) is 14.7 Å². The van der Waals surface area contributed by atoms with Gasteiger partial charge in [-0.1, -0.05) is 49.0 Å². The van der Waals surface area contributed by atoms with Crippen molar-refractivity contribution >= 4 is 35.4 Å². The molecule has 9 heteroatoms. The van der Waals surface area contributed by atoms with Crippen molar-refractivity contribution in [3.63, 3.8) is 0 Å². The van der Waals surface area contributed by atoms with Crippen LogP contribution in [0.15, 0.2) is 0 Å². The van der Waals surface area contributed by atoms with E-state index in [2.05, 4.69) is 0 Å². The average molecular weight is 488 g/mol. The van der Waals surface area contributed by atoms with Crippen LogP contribution in [0.4, 0.5) is 0 Å². The molecule has 0 aromatic rings. The Kier molecular flexibility index (Phi) is 16.6. The summed E-state index contributed by atoms with van der Waals surface area (Å²) < 4.78 is 0. The van der Waals surface area contributed by atoms with Crippen LogP contribution < -0.4 is 0 Å². The molecule has 0 bridgehead atoms. The Bertz CT molecular complexity index is 681. The number of amides is 6. The van der Waals surface area contributed by atoms with Gasteiger partial charge in [-0.05, 0) is 20.8 Å². The molecule has 34 heavy (non-hydrogen) atoms. The normalized spacial score (nSPS) is 10.7. The standard InChI is InChI=1S/3C8H15NO2.CH4/c2*1-6(10)9(5)7(11)8(2,3)4;1-6(10)9(7(2)11)8(3,4)5;/h3*1-5H3;1H4. The first-order chi connectivity index (χ1) is 14.3. The highest BCUT2D eigenvalue weighted by Gasteiger charge is 2.28. The van der Waals surface area contributed by atoms with Gasteiger partial charge in [0.1, 0.15) is 0 Å². The Morgan fingerprint density at radius 2 is 0.676 bits per heavy atom. The molecule has 0 aliphatic heterocycles. The zero-order chi connectivity index (χ0) is 27.7. The molecule has 0 unspecified atom stereocenters.